The van der Waals surface area contributed by atoms with Gasteiger partial charge in [-0.15, -0.1) is 0 Å². The Hall–Kier alpha value is -1.74. The predicted octanol–water partition coefficient (Wildman–Crippen LogP) is 3.51. The van der Waals surface area contributed by atoms with Gasteiger partial charge in [0.05, 0.1) is 0 Å². The molecule has 1 aliphatic rings. The zero-order chi connectivity index (χ0) is 14.8. The van der Waals surface area contributed by atoms with Crippen molar-refractivity contribution in [2.24, 2.45) is 5.92 Å². The van der Waals surface area contributed by atoms with Crippen LogP contribution in [-0.4, -0.2) is 13.1 Å². The van der Waals surface area contributed by atoms with Crippen LogP contribution in [0.2, 0.25) is 0 Å². The summed E-state index contributed by atoms with van der Waals surface area (Å²) in [5, 5.41) is 3.35. The summed E-state index contributed by atoms with van der Waals surface area (Å²) in [4.78, 5) is 0. The highest BCUT2D eigenvalue weighted by molar-refractivity contribution is 5.33. The van der Waals surface area contributed by atoms with Crippen molar-refractivity contribution in [3.05, 3.63) is 70.8 Å². The summed E-state index contributed by atoms with van der Waals surface area (Å²) in [6.07, 6.45) is 2.81. The third kappa shape index (κ3) is 2.98. The Morgan fingerprint density at radius 2 is 1.71 bits per heavy atom. The van der Waals surface area contributed by atoms with E-state index in [0.717, 1.165) is 18.4 Å². The molecular weight excluding hydrogens is 268 g/mol. The van der Waals surface area contributed by atoms with Crippen molar-refractivity contribution in [2.75, 3.05) is 7.05 Å². The maximum absolute atomic E-state index is 13.3. The molecule has 1 nitrogen and oxygen atoms in total. The van der Waals surface area contributed by atoms with Crippen molar-refractivity contribution < 1.29 is 8.78 Å². The zero-order valence-electron chi connectivity index (χ0n) is 12.1. The highest BCUT2D eigenvalue weighted by atomic mass is 19.2. The van der Waals surface area contributed by atoms with Gasteiger partial charge in [0.25, 0.3) is 0 Å². The molecule has 2 aromatic rings. The number of hydrogen-bond donors (Lipinski definition) is 1. The molecule has 0 saturated heterocycles. The van der Waals surface area contributed by atoms with Crippen LogP contribution >= 0.6 is 0 Å². The van der Waals surface area contributed by atoms with Gasteiger partial charge in [-0.05, 0) is 61.1 Å². The normalized spacial score (nSPS) is 16.0. The predicted molar refractivity (Wildman–Crippen MR) is 80.2 cm³/mol. The van der Waals surface area contributed by atoms with E-state index in [-0.39, 0.29) is 6.04 Å². The number of fused-ring (bicyclic) bond motifs is 1. The van der Waals surface area contributed by atoms with Crippen LogP contribution in [0.4, 0.5) is 8.78 Å². The Morgan fingerprint density at radius 1 is 1.05 bits per heavy atom. The van der Waals surface area contributed by atoms with Crippen molar-refractivity contribution in [3.8, 4) is 0 Å². The van der Waals surface area contributed by atoms with Crippen LogP contribution < -0.4 is 5.32 Å². The molecule has 2 aromatic carbocycles. The molecule has 0 bridgehead atoms. The fourth-order valence-electron chi connectivity index (χ4n) is 3.30. The first-order valence-electron chi connectivity index (χ1n) is 7.35. The van der Waals surface area contributed by atoms with E-state index in [4.69, 9.17) is 0 Å². The standard InChI is InChI=1S/C18H19F2N/c1-21-18(9-12-6-7-16(19)17(20)8-12)15-10-13-4-2-3-5-14(13)11-15/h2-8,15,18,21H,9-11H2,1H3. The Morgan fingerprint density at radius 3 is 2.29 bits per heavy atom. The molecule has 21 heavy (non-hydrogen) atoms. The maximum atomic E-state index is 13.3. The quantitative estimate of drug-likeness (QED) is 0.907. The summed E-state index contributed by atoms with van der Waals surface area (Å²) in [6.45, 7) is 0. The first-order valence-corrected chi connectivity index (χ1v) is 7.35. The van der Waals surface area contributed by atoms with Crippen molar-refractivity contribution >= 4 is 0 Å². The summed E-state index contributed by atoms with van der Waals surface area (Å²) in [5.41, 5.74) is 3.66. The van der Waals surface area contributed by atoms with Crippen LogP contribution in [0.25, 0.3) is 0 Å². The molecule has 0 amide bonds. The highest BCUT2D eigenvalue weighted by Crippen LogP contribution is 2.30. The van der Waals surface area contributed by atoms with E-state index in [1.54, 1.807) is 6.07 Å². The minimum Gasteiger partial charge on any atom is -0.316 e. The molecule has 1 unspecified atom stereocenters. The van der Waals surface area contributed by atoms with Crippen molar-refractivity contribution in [3.63, 3.8) is 0 Å². The van der Waals surface area contributed by atoms with Gasteiger partial charge in [0.1, 0.15) is 0 Å². The summed E-state index contributed by atoms with van der Waals surface area (Å²) in [7, 11) is 1.94. The second-order valence-electron chi connectivity index (χ2n) is 5.78. The molecule has 1 aliphatic carbocycles. The average Bonchev–Trinajstić information content (AvgIpc) is 2.92. The topological polar surface area (TPSA) is 12.0 Å². The number of rotatable bonds is 4. The van der Waals surface area contributed by atoms with Crippen LogP contribution in [0.15, 0.2) is 42.5 Å². The van der Waals surface area contributed by atoms with Crippen LogP contribution in [-0.2, 0) is 19.3 Å². The van der Waals surface area contributed by atoms with Gasteiger partial charge in [-0.25, -0.2) is 8.78 Å². The molecule has 0 aliphatic heterocycles. The second kappa shape index (κ2) is 5.94. The van der Waals surface area contributed by atoms with Gasteiger partial charge in [0, 0.05) is 6.04 Å². The Labute approximate surface area is 124 Å². The lowest BCUT2D eigenvalue weighted by atomic mass is 9.91. The molecule has 110 valence electrons. The number of likely N-dealkylation sites (N-methyl/N-ethyl adjacent to an activating group) is 1. The molecule has 3 heteroatoms. The van der Waals surface area contributed by atoms with Gasteiger partial charge in [-0.1, -0.05) is 30.3 Å². The number of halogens is 2. The van der Waals surface area contributed by atoms with E-state index in [9.17, 15) is 8.78 Å². The summed E-state index contributed by atoms with van der Waals surface area (Å²) in [5.74, 6) is -1.05. The third-order valence-electron chi connectivity index (χ3n) is 4.46. The lowest BCUT2D eigenvalue weighted by Gasteiger charge is -2.23. The molecule has 0 heterocycles. The molecular formula is C18H19F2N. The first kappa shape index (κ1) is 14.2. The highest BCUT2D eigenvalue weighted by Gasteiger charge is 2.27. The van der Waals surface area contributed by atoms with E-state index >= 15 is 0 Å². The van der Waals surface area contributed by atoms with Crippen LogP contribution in [0, 0.1) is 17.6 Å². The van der Waals surface area contributed by atoms with E-state index in [2.05, 4.69) is 29.6 Å². The van der Waals surface area contributed by atoms with Crippen LogP contribution in [0.1, 0.15) is 16.7 Å². The molecule has 1 atom stereocenters. The first-order chi connectivity index (χ1) is 10.2. The molecule has 0 saturated carbocycles. The Kier molecular flexibility index (Phi) is 4.02. The van der Waals surface area contributed by atoms with E-state index in [1.807, 2.05) is 7.05 Å². The SMILES string of the molecule is CNC(Cc1ccc(F)c(F)c1)C1Cc2ccccc2C1. The number of benzene rings is 2. The minimum absolute atomic E-state index is 0.266. The van der Waals surface area contributed by atoms with Gasteiger partial charge in [0.2, 0.25) is 0 Å². The smallest absolute Gasteiger partial charge is 0.159 e. The van der Waals surface area contributed by atoms with Gasteiger partial charge < -0.3 is 5.32 Å². The summed E-state index contributed by atoms with van der Waals surface area (Å²) >= 11 is 0. The lowest BCUT2D eigenvalue weighted by molar-refractivity contribution is 0.382. The van der Waals surface area contributed by atoms with E-state index < -0.39 is 11.6 Å². The molecule has 0 fully saturated rings. The molecule has 1 N–H and O–H groups in total. The van der Waals surface area contributed by atoms with Gasteiger partial charge in [0.15, 0.2) is 11.6 Å². The Bertz CT molecular complexity index is 614. The fourth-order valence-corrected chi connectivity index (χ4v) is 3.30. The lowest BCUT2D eigenvalue weighted by Crippen LogP contribution is -2.36. The average molecular weight is 287 g/mol. The zero-order valence-corrected chi connectivity index (χ0v) is 12.1. The minimum atomic E-state index is -0.784. The monoisotopic (exact) mass is 287 g/mol. The largest absolute Gasteiger partial charge is 0.316 e. The van der Waals surface area contributed by atoms with E-state index in [1.165, 1.54) is 23.3 Å². The van der Waals surface area contributed by atoms with Crippen molar-refractivity contribution in [1.82, 2.24) is 5.32 Å². The fraction of sp³-hybridized carbons (Fsp3) is 0.333. The summed E-state index contributed by atoms with van der Waals surface area (Å²) in [6, 6.07) is 13.0. The van der Waals surface area contributed by atoms with E-state index in [0.29, 0.717) is 12.3 Å². The summed E-state index contributed by atoms with van der Waals surface area (Å²) < 4.78 is 26.3. The number of nitrogens with one attached hydrogen (secondary N) is 1. The van der Waals surface area contributed by atoms with Crippen molar-refractivity contribution in [1.29, 1.82) is 0 Å². The van der Waals surface area contributed by atoms with Gasteiger partial charge in [-0.2, -0.15) is 0 Å². The molecule has 0 aromatic heterocycles. The second-order valence-corrected chi connectivity index (χ2v) is 5.78. The molecule has 0 spiro atoms. The van der Waals surface area contributed by atoms with Crippen LogP contribution in [0.3, 0.4) is 0 Å². The molecule has 0 radical (unpaired) electrons. The molecule has 3 rings (SSSR count). The maximum Gasteiger partial charge on any atom is 0.159 e. The Balaban J connectivity index is 1.73. The van der Waals surface area contributed by atoms with Crippen LogP contribution in [0.5, 0.6) is 0 Å². The number of hydrogen-bond acceptors (Lipinski definition) is 1. The van der Waals surface area contributed by atoms with Gasteiger partial charge >= 0.3 is 0 Å². The van der Waals surface area contributed by atoms with Gasteiger partial charge in [-0.3, -0.25) is 0 Å². The third-order valence-corrected chi connectivity index (χ3v) is 4.46. The van der Waals surface area contributed by atoms with Crippen molar-refractivity contribution in [2.45, 2.75) is 25.3 Å².